The summed E-state index contributed by atoms with van der Waals surface area (Å²) in [6.45, 7) is 15.1. The van der Waals surface area contributed by atoms with Crippen LogP contribution in [0.25, 0.3) is 0 Å². The molecule has 0 amide bonds. The normalized spacial score (nSPS) is 21.4. The first-order valence-electron chi connectivity index (χ1n) is 9.44. The van der Waals surface area contributed by atoms with Gasteiger partial charge in [-0.1, -0.05) is 6.92 Å². The van der Waals surface area contributed by atoms with Crippen molar-refractivity contribution in [2.45, 2.75) is 52.6 Å². The molecule has 0 aromatic heterocycles. The van der Waals surface area contributed by atoms with E-state index in [-0.39, 0.29) is 24.0 Å². The Morgan fingerprint density at radius 1 is 1.20 bits per heavy atom. The zero-order valence-electron chi connectivity index (χ0n) is 16.7. The number of nitrogens with zero attached hydrogens (tertiary/aromatic N) is 2. The summed E-state index contributed by atoms with van der Waals surface area (Å²) in [5.74, 6) is 1.59. The highest BCUT2D eigenvalue weighted by Gasteiger charge is 2.31. The first kappa shape index (κ1) is 24.9. The Morgan fingerprint density at radius 3 is 2.56 bits per heavy atom. The molecule has 0 radical (unpaired) electrons. The predicted molar refractivity (Wildman–Crippen MR) is 116 cm³/mol. The van der Waals surface area contributed by atoms with Crippen LogP contribution in [-0.4, -0.2) is 76.1 Å². The van der Waals surface area contributed by atoms with E-state index in [0.717, 1.165) is 51.6 Å². The molecule has 0 spiro atoms. The van der Waals surface area contributed by atoms with E-state index in [0.29, 0.717) is 31.2 Å². The zero-order valence-corrected chi connectivity index (χ0v) is 19.0. The SMILES string of the molecule is CCNC(=NCCCCOCCOC)NC1CN(C(C)C)CC1C.I. The van der Waals surface area contributed by atoms with Crippen molar-refractivity contribution >= 4 is 29.9 Å². The minimum atomic E-state index is 0. The number of methoxy groups -OCH3 is 1. The van der Waals surface area contributed by atoms with Crippen LogP contribution in [0.15, 0.2) is 4.99 Å². The minimum Gasteiger partial charge on any atom is -0.382 e. The van der Waals surface area contributed by atoms with Crippen LogP contribution in [0.1, 0.15) is 40.5 Å². The third-order valence-corrected chi connectivity index (χ3v) is 4.44. The van der Waals surface area contributed by atoms with Gasteiger partial charge in [-0.2, -0.15) is 0 Å². The second-order valence-electron chi connectivity index (χ2n) is 6.85. The smallest absolute Gasteiger partial charge is 0.191 e. The molecule has 0 bridgehead atoms. The lowest BCUT2D eigenvalue weighted by Crippen LogP contribution is -2.46. The largest absolute Gasteiger partial charge is 0.382 e. The summed E-state index contributed by atoms with van der Waals surface area (Å²) in [5, 5.41) is 6.99. The Bertz CT molecular complexity index is 356. The molecule has 7 heteroatoms. The van der Waals surface area contributed by atoms with Crippen molar-refractivity contribution < 1.29 is 9.47 Å². The van der Waals surface area contributed by atoms with E-state index < -0.39 is 0 Å². The van der Waals surface area contributed by atoms with Crippen molar-refractivity contribution in [3.63, 3.8) is 0 Å². The molecule has 1 rings (SSSR count). The van der Waals surface area contributed by atoms with Gasteiger partial charge in [0.25, 0.3) is 0 Å². The number of ether oxygens (including phenoxy) is 2. The van der Waals surface area contributed by atoms with Crippen molar-refractivity contribution in [2.24, 2.45) is 10.9 Å². The van der Waals surface area contributed by atoms with Gasteiger partial charge in [-0.15, -0.1) is 24.0 Å². The molecule has 1 aliphatic rings. The second-order valence-corrected chi connectivity index (χ2v) is 6.85. The molecule has 2 N–H and O–H groups in total. The van der Waals surface area contributed by atoms with Crippen LogP contribution in [0.5, 0.6) is 0 Å². The van der Waals surface area contributed by atoms with Crippen molar-refractivity contribution in [1.82, 2.24) is 15.5 Å². The van der Waals surface area contributed by atoms with Crippen LogP contribution in [-0.2, 0) is 9.47 Å². The molecule has 0 aromatic rings. The highest BCUT2D eigenvalue weighted by Crippen LogP contribution is 2.18. The average Bonchev–Trinajstić information content (AvgIpc) is 2.91. The van der Waals surface area contributed by atoms with Crippen LogP contribution in [0.4, 0.5) is 0 Å². The fourth-order valence-corrected chi connectivity index (χ4v) is 2.86. The number of aliphatic imine (C=N–C) groups is 1. The topological polar surface area (TPSA) is 58.1 Å². The van der Waals surface area contributed by atoms with E-state index in [4.69, 9.17) is 14.5 Å². The van der Waals surface area contributed by atoms with Gasteiger partial charge < -0.3 is 20.1 Å². The van der Waals surface area contributed by atoms with Crippen molar-refractivity contribution in [3.05, 3.63) is 0 Å². The van der Waals surface area contributed by atoms with Crippen LogP contribution in [0, 0.1) is 5.92 Å². The molecule has 150 valence electrons. The molecule has 6 nitrogen and oxygen atoms in total. The Labute approximate surface area is 171 Å². The van der Waals surface area contributed by atoms with Crippen LogP contribution in [0.3, 0.4) is 0 Å². The molecule has 0 aromatic carbocycles. The Balaban J connectivity index is 0.00000576. The predicted octanol–water partition coefficient (Wildman–Crippen LogP) is 2.33. The third-order valence-electron chi connectivity index (χ3n) is 4.44. The molecule has 0 saturated carbocycles. The molecule has 25 heavy (non-hydrogen) atoms. The Morgan fingerprint density at radius 2 is 1.96 bits per heavy atom. The molecular weight excluding hydrogens is 431 g/mol. The summed E-state index contributed by atoms with van der Waals surface area (Å²) in [6.07, 6.45) is 2.08. The molecule has 1 heterocycles. The number of hydrogen-bond acceptors (Lipinski definition) is 4. The summed E-state index contributed by atoms with van der Waals surface area (Å²) in [5.41, 5.74) is 0. The molecule has 2 unspecified atom stereocenters. The monoisotopic (exact) mass is 470 g/mol. The quantitative estimate of drug-likeness (QED) is 0.210. The van der Waals surface area contributed by atoms with E-state index in [1.807, 2.05) is 0 Å². The van der Waals surface area contributed by atoms with Crippen LogP contribution in [0.2, 0.25) is 0 Å². The lowest BCUT2D eigenvalue weighted by Gasteiger charge is -2.21. The molecule has 2 atom stereocenters. The molecule has 1 aliphatic heterocycles. The lowest BCUT2D eigenvalue weighted by molar-refractivity contribution is 0.0690. The number of rotatable bonds is 11. The van der Waals surface area contributed by atoms with E-state index in [1.54, 1.807) is 7.11 Å². The molecule has 1 saturated heterocycles. The maximum Gasteiger partial charge on any atom is 0.191 e. The van der Waals surface area contributed by atoms with Crippen LogP contribution < -0.4 is 10.6 Å². The van der Waals surface area contributed by atoms with Gasteiger partial charge >= 0.3 is 0 Å². The number of likely N-dealkylation sites (tertiary alicyclic amines) is 1. The summed E-state index contributed by atoms with van der Waals surface area (Å²) in [7, 11) is 1.69. The van der Waals surface area contributed by atoms with Gasteiger partial charge in [0, 0.05) is 52.0 Å². The maximum absolute atomic E-state index is 5.47. The first-order chi connectivity index (χ1) is 11.6. The number of unbranched alkanes of at least 4 members (excludes halogenated alkanes) is 1. The van der Waals surface area contributed by atoms with Gasteiger partial charge in [0.15, 0.2) is 5.96 Å². The standard InChI is InChI=1S/C18H38N4O2.HI/c1-6-19-18(20-9-7-8-10-24-12-11-23-5)21-17-14-22(15(2)3)13-16(17)4;/h15-17H,6-14H2,1-5H3,(H2,19,20,21);1H. The fourth-order valence-electron chi connectivity index (χ4n) is 2.86. The second kappa shape index (κ2) is 15.0. The lowest BCUT2D eigenvalue weighted by atomic mass is 10.1. The molecular formula is C18H39IN4O2. The van der Waals surface area contributed by atoms with Crippen LogP contribution >= 0.6 is 24.0 Å². The van der Waals surface area contributed by atoms with E-state index in [1.165, 1.54) is 0 Å². The minimum absolute atomic E-state index is 0. The molecule has 0 aliphatic carbocycles. The van der Waals surface area contributed by atoms with Crippen molar-refractivity contribution in [2.75, 3.05) is 53.1 Å². The number of nitrogens with one attached hydrogen (secondary N) is 2. The van der Waals surface area contributed by atoms with E-state index in [9.17, 15) is 0 Å². The van der Waals surface area contributed by atoms with Gasteiger partial charge in [0.1, 0.15) is 0 Å². The van der Waals surface area contributed by atoms with E-state index in [2.05, 4.69) is 43.2 Å². The third kappa shape index (κ3) is 10.6. The number of halogens is 1. The van der Waals surface area contributed by atoms with Crippen molar-refractivity contribution in [3.8, 4) is 0 Å². The average molecular weight is 470 g/mol. The zero-order chi connectivity index (χ0) is 17.8. The number of hydrogen-bond donors (Lipinski definition) is 2. The van der Waals surface area contributed by atoms with Gasteiger partial charge in [0.2, 0.25) is 0 Å². The highest BCUT2D eigenvalue weighted by atomic mass is 127. The van der Waals surface area contributed by atoms with E-state index >= 15 is 0 Å². The Kier molecular flexibility index (Phi) is 14.9. The van der Waals surface area contributed by atoms with Gasteiger partial charge in [-0.3, -0.25) is 9.89 Å². The first-order valence-corrected chi connectivity index (χ1v) is 9.44. The summed E-state index contributed by atoms with van der Waals surface area (Å²) in [4.78, 5) is 7.24. The Hall–Kier alpha value is -0.120. The fraction of sp³-hybridized carbons (Fsp3) is 0.944. The highest BCUT2D eigenvalue weighted by molar-refractivity contribution is 14.0. The maximum atomic E-state index is 5.47. The summed E-state index contributed by atoms with van der Waals surface area (Å²) < 4.78 is 10.4. The van der Waals surface area contributed by atoms with Crippen molar-refractivity contribution in [1.29, 1.82) is 0 Å². The molecule has 1 fully saturated rings. The summed E-state index contributed by atoms with van der Waals surface area (Å²) in [6, 6.07) is 1.08. The summed E-state index contributed by atoms with van der Waals surface area (Å²) >= 11 is 0. The number of guanidine groups is 1. The van der Waals surface area contributed by atoms with Gasteiger partial charge in [0.05, 0.1) is 13.2 Å². The van der Waals surface area contributed by atoms with Gasteiger partial charge in [-0.05, 0) is 39.5 Å². The van der Waals surface area contributed by atoms with Gasteiger partial charge in [-0.25, -0.2) is 0 Å².